The standard InChI is InChI=1S/C10H12ClN5O/c1-17-6-10-14-8(11)4-9(15-10)12-5-7-2-3-13-16-7/h2-4H,5-6H2,1H3,(H,13,16)(H,12,14,15). The molecule has 2 N–H and O–H groups in total. The molecule has 2 aromatic heterocycles. The molecule has 2 rings (SSSR count). The maximum atomic E-state index is 5.88. The molecule has 0 saturated carbocycles. The van der Waals surface area contributed by atoms with E-state index in [4.69, 9.17) is 16.3 Å². The van der Waals surface area contributed by atoms with Crippen molar-refractivity contribution in [3.05, 3.63) is 35.0 Å². The summed E-state index contributed by atoms with van der Waals surface area (Å²) in [6.07, 6.45) is 1.69. The van der Waals surface area contributed by atoms with Crippen LogP contribution in [0.5, 0.6) is 0 Å². The second kappa shape index (κ2) is 5.60. The molecule has 0 saturated heterocycles. The Hall–Kier alpha value is -1.66. The largest absolute Gasteiger partial charge is 0.377 e. The van der Waals surface area contributed by atoms with Gasteiger partial charge in [-0.3, -0.25) is 5.10 Å². The summed E-state index contributed by atoms with van der Waals surface area (Å²) in [5.41, 5.74) is 0.966. The van der Waals surface area contributed by atoms with Crippen molar-refractivity contribution in [1.82, 2.24) is 20.2 Å². The first kappa shape index (κ1) is 11.8. The average molecular weight is 254 g/mol. The molecule has 90 valence electrons. The number of rotatable bonds is 5. The summed E-state index contributed by atoms with van der Waals surface area (Å²) < 4.78 is 4.96. The van der Waals surface area contributed by atoms with Crippen LogP contribution in [-0.2, 0) is 17.9 Å². The highest BCUT2D eigenvalue weighted by molar-refractivity contribution is 6.29. The highest BCUT2D eigenvalue weighted by Gasteiger charge is 2.03. The van der Waals surface area contributed by atoms with E-state index in [1.165, 1.54) is 0 Å². The highest BCUT2D eigenvalue weighted by atomic mass is 35.5. The van der Waals surface area contributed by atoms with E-state index >= 15 is 0 Å². The van der Waals surface area contributed by atoms with Gasteiger partial charge in [0.2, 0.25) is 0 Å². The summed E-state index contributed by atoms with van der Waals surface area (Å²) in [5.74, 6) is 1.21. The first-order chi connectivity index (χ1) is 8.28. The molecule has 0 unspecified atom stereocenters. The Morgan fingerprint density at radius 2 is 2.35 bits per heavy atom. The van der Waals surface area contributed by atoms with Gasteiger partial charge in [-0.15, -0.1) is 0 Å². The Balaban J connectivity index is 2.04. The lowest BCUT2D eigenvalue weighted by Gasteiger charge is -2.06. The Morgan fingerprint density at radius 1 is 1.47 bits per heavy atom. The molecule has 17 heavy (non-hydrogen) atoms. The first-order valence-corrected chi connectivity index (χ1v) is 5.40. The Kier molecular flexibility index (Phi) is 3.89. The molecule has 0 radical (unpaired) electrons. The SMILES string of the molecule is COCc1nc(Cl)cc(NCc2ccn[nH]2)n1. The van der Waals surface area contributed by atoms with Crippen LogP contribution >= 0.6 is 11.6 Å². The number of halogens is 1. The van der Waals surface area contributed by atoms with E-state index in [9.17, 15) is 0 Å². The minimum absolute atomic E-state index is 0.333. The van der Waals surface area contributed by atoms with Gasteiger partial charge in [0, 0.05) is 19.4 Å². The molecule has 6 nitrogen and oxygen atoms in total. The third-order valence-corrected chi connectivity index (χ3v) is 2.23. The number of methoxy groups -OCH3 is 1. The number of hydrogen-bond donors (Lipinski definition) is 2. The molecule has 0 aliphatic carbocycles. The molecule has 0 atom stereocenters. The fraction of sp³-hybridized carbons (Fsp3) is 0.300. The van der Waals surface area contributed by atoms with Gasteiger partial charge in [-0.2, -0.15) is 5.10 Å². The molecule has 0 amide bonds. The number of nitrogens with one attached hydrogen (secondary N) is 2. The van der Waals surface area contributed by atoms with Crippen molar-refractivity contribution in [3.63, 3.8) is 0 Å². The number of H-pyrrole nitrogens is 1. The summed E-state index contributed by atoms with van der Waals surface area (Å²) in [6.45, 7) is 0.930. The molecule has 2 aromatic rings. The minimum atomic E-state index is 0.333. The number of ether oxygens (including phenoxy) is 1. The van der Waals surface area contributed by atoms with Crippen molar-refractivity contribution in [1.29, 1.82) is 0 Å². The molecule has 0 aromatic carbocycles. The van der Waals surface area contributed by atoms with Crippen molar-refractivity contribution in [2.24, 2.45) is 0 Å². The molecule has 0 bridgehead atoms. The number of aromatic nitrogens is 4. The van der Waals surface area contributed by atoms with Crippen LogP contribution in [0.2, 0.25) is 5.15 Å². The maximum Gasteiger partial charge on any atom is 0.158 e. The van der Waals surface area contributed by atoms with Crippen LogP contribution < -0.4 is 5.32 Å². The van der Waals surface area contributed by atoms with E-state index in [0.717, 1.165) is 5.69 Å². The summed E-state index contributed by atoms with van der Waals surface area (Å²) in [5, 5.41) is 10.2. The van der Waals surface area contributed by atoms with Gasteiger partial charge in [-0.25, -0.2) is 9.97 Å². The van der Waals surface area contributed by atoms with E-state index in [-0.39, 0.29) is 0 Å². The van der Waals surface area contributed by atoms with Gasteiger partial charge >= 0.3 is 0 Å². The van der Waals surface area contributed by atoms with Crippen LogP contribution in [0, 0.1) is 0 Å². The van der Waals surface area contributed by atoms with Crippen LogP contribution in [0.4, 0.5) is 5.82 Å². The van der Waals surface area contributed by atoms with Crippen LogP contribution in [0.25, 0.3) is 0 Å². The molecule has 0 aliphatic heterocycles. The van der Waals surface area contributed by atoms with Crippen molar-refractivity contribution >= 4 is 17.4 Å². The first-order valence-electron chi connectivity index (χ1n) is 5.02. The van der Waals surface area contributed by atoms with Gasteiger partial charge < -0.3 is 10.1 Å². The van der Waals surface area contributed by atoms with Crippen LogP contribution in [0.1, 0.15) is 11.5 Å². The fourth-order valence-electron chi connectivity index (χ4n) is 1.32. The summed E-state index contributed by atoms with van der Waals surface area (Å²) in [6, 6.07) is 3.54. The maximum absolute atomic E-state index is 5.88. The lowest BCUT2D eigenvalue weighted by molar-refractivity contribution is 0.178. The summed E-state index contributed by atoms with van der Waals surface area (Å²) >= 11 is 5.88. The third kappa shape index (κ3) is 3.40. The molecule has 0 spiro atoms. The third-order valence-electron chi connectivity index (χ3n) is 2.03. The summed E-state index contributed by atoms with van der Waals surface area (Å²) in [4.78, 5) is 8.29. The lowest BCUT2D eigenvalue weighted by Crippen LogP contribution is -2.05. The van der Waals surface area contributed by atoms with Crippen molar-refractivity contribution in [2.45, 2.75) is 13.2 Å². The molecule has 7 heteroatoms. The zero-order valence-corrected chi connectivity index (χ0v) is 10.0. The zero-order valence-electron chi connectivity index (χ0n) is 9.27. The number of anilines is 1. The van der Waals surface area contributed by atoms with E-state index in [2.05, 4.69) is 25.5 Å². The van der Waals surface area contributed by atoms with Crippen molar-refractivity contribution in [2.75, 3.05) is 12.4 Å². The molecular formula is C10H12ClN5O. The van der Waals surface area contributed by atoms with Crippen LogP contribution in [0.3, 0.4) is 0 Å². The predicted molar refractivity (Wildman–Crippen MR) is 63.7 cm³/mol. The fourth-order valence-corrected chi connectivity index (χ4v) is 1.52. The number of aromatic amines is 1. The van der Waals surface area contributed by atoms with E-state index < -0.39 is 0 Å². The zero-order chi connectivity index (χ0) is 12.1. The molecular weight excluding hydrogens is 242 g/mol. The van der Waals surface area contributed by atoms with Gasteiger partial charge in [-0.1, -0.05) is 11.6 Å². The molecule has 0 fully saturated rings. The quantitative estimate of drug-likeness (QED) is 0.792. The highest BCUT2D eigenvalue weighted by Crippen LogP contribution is 2.12. The van der Waals surface area contributed by atoms with Crippen molar-refractivity contribution < 1.29 is 4.74 Å². The van der Waals surface area contributed by atoms with Gasteiger partial charge in [-0.05, 0) is 6.07 Å². The van der Waals surface area contributed by atoms with Gasteiger partial charge in [0.05, 0.1) is 12.2 Å². The van der Waals surface area contributed by atoms with Crippen LogP contribution in [0.15, 0.2) is 18.3 Å². The van der Waals surface area contributed by atoms with Crippen molar-refractivity contribution in [3.8, 4) is 0 Å². The average Bonchev–Trinajstić information content (AvgIpc) is 2.79. The molecule has 0 aliphatic rings. The Bertz CT molecular complexity index is 474. The van der Waals surface area contributed by atoms with E-state index in [1.807, 2.05) is 6.07 Å². The van der Waals surface area contributed by atoms with Gasteiger partial charge in [0.1, 0.15) is 17.6 Å². The van der Waals surface area contributed by atoms with Gasteiger partial charge in [0.25, 0.3) is 0 Å². The smallest absolute Gasteiger partial charge is 0.158 e. The second-order valence-corrected chi connectivity index (χ2v) is 3.75. The van der Waals surface area contributed by atoms with E-state index in [1.54, 1.807) is 19.4 Å². The van der Waals surface area contributed by atoms with Gasteiger partial charge in [0.15, 0.2) is 5.82 Å². The topological polar surface area (TPSA) is 75.7 Å². The van der Waals surface area contributed by atoms with Crippen LogP contribution in [-0.4, -0.2) is 27.3 Å². The second-order valence-electron chi connectivity index (χ2n) is 3.36. The monoisotopic (exact) mass is 253 g/mol. The predicted octanol–water partition coefficient (Wildman–Crippen LogP) is 1.61. The Morgan fingerprint density at radius 3 is 3.06 bits per heavy atom. The summed E-state index contributed by atoms with van der Waals surface area (Å²) in [7, 11) is 1.59. The minimum Gasteiger partial charge on any atom is -0.377 e. The lowest BCUT2D eigenvalue weighted by atomic mass is 10.4. The number of hydrogen-bond acceptors (Lipinski definition) is 5. The normalized spacial score (nSPS) is 10.5. The van der Waals surface area contributed by atoms with E-state index in [0.29, 0.717) is 29.9 Å². The Labute approximate surface area is 103 Å². The molecule has 2 heterocycles. The number of nitrogens with zero attached hydrogens (tertiary/aromatic N) is 3.